The second kappa shape index (κ2) is 7.37. The van der Waals surface area contributed by atoms with Crippen molar-refractivity contribution in [2.75, 3.05) is 13.1 Å². The number of nitrogens with one attached hydrogen (secondary N) is 1. The molecule has 1 aliphatic heterocycles. The van der Waals surface area contributed by atoms with Gasteiger partial charge in [-0.2, -0.15) is 15.4 Å². The molecule has 1 aliphatic rings. The predicted octanol–water partition coefficient (Wildman–Crippen LogP) is 3.51. The average Bonchev–Trinajstić information content (AvgIpc) is 3.38. The molecule has 0 saturated carbocycles. The van der Waals surface area contributed by atoms with Crippen molar-refractivity contribution in [1.29, 1.82) is 0 Å². The molecular weight excluding hydrogens is 346 g/mol. The fourth-order valence-electron chi connectivity index (χ4n) is 3.36. The Labute approximate surface area is 156 Å². The number of likely N-dealkylation sites (tertiary alicyclic amines) is 1. The number of carbonyl (C=O) groups is 1. The summed E-state index contributed by atoms with van der Waals surface area (Å²) in [5.74, 6) is 0.250. The summed E-state index contributed by atoms with van der Waals surface area (Å²) in [5, 5.41) is 14.2. The van der Waals surface area contributed by atoms with Crippen LogP contribution in [-0.2, 0) is 6.42 Å². The van der Waals surface area contributed by atoms with Crippen molar-refractivity contribution in [1.82, 2.24) is 25.3 Å². The standard InChI is InChI=1S/C19H21N5OS/c1-2-15-12-26-18(20-15)14-9-6-10-24(11-14)19(25)17-16(21-23-22-17)13-7-4-3-5-8-13/h3-5,7-8,12,14H,2,6,9-11H2,1H3,(H,21,22,23). The van der Waals surface area contributed by atoms with Gasteiger partial charge in [-0.3, -0.25) is 4.79 Å². The number of rotatable bonds is 4. The Kier molecular flexibility index (Phi) is 4.79. The van der Waals surface area contributed by atoms with Gasteiger partial charge in [0.25, 0.3) is 5.91 Å². The van der Waals surface area contributed by atoms with Gasteiger partial charge in [0.05, 0.1) is 10.7 Å². The molecule has 134 valence electrons. The zero-order valence-corrected chi connectivity index (χ0v) is 15.5. The Morgan fingerprint density at radius 2 is 2.15 bits per heavy atom. The highest BCUT2D eigenvalue weighted by Gasteiger charge is 2.30. The van der Waals surface area contributed by atoms with Crippen LogP contribution in [0.4, 0.5) is 0 Å². The van der Waals surface area contributed by atoms with Crippen molar-refractivity contribution >= 4 is 17.2 Å². The minimum absolute atomic E-state index is 0.0606. The number of amides is 1. The third kappa shape index (κ3) is 3.26. The number of aromatic nitrogens is 4. The highest BCUT2D eigenvalue weighted by molar-refractivity contribution is 7.09. The fourth-order valence-corrected chi connectivity index (χ4v) is 4.39. The van der Waals surface area contributed by atoms with E-state index in [1.807, 2.05) is 35.2 Å². The van der Waals surface area contributed by atoms with Gasteiger partial charge in [0.2, 0.25) is 0 Å². The first-order chi connectivity index (χ1) is 12.8. The number of aromatic amines is 1. The van der Waals surface area contributed by atoms with E-state index in [4.69, 9.17) is 4.98 Å². The van der Waals surface area contributed by atoms with Gasteiger partial charge < -0.3 is 4.90 Å². The molecular formula is C19H21N5OS. The lowest BCUT2D eigenvalue weighted by Gasteiger charge is -2.31. The molecule has 1 fully saturated rings. The van der Waals surface area contributed by atoms with E-state index in [0.717, 1.165) is 42.1 Å². The molecule has 0 radical (unpaired) electrons. The molecule has 1 aromatic carbocycles. The van der Waals surface area contributed by atoms with Gasteiger partial charge in [0.1, 0.15) is 5.69 Å². The molecule has 6 nitrogen and oxygen atoms in total. The number of carbonyl (C=O) groups excluding carboxylic acids is 1. The highest BCUT2D eigenvalue weighted by Crippen LogP contribution is 2.30. The summed E-state index contributed by atoms with van der Waals surface area (Å²) >= 11 is 1.71. The molecule has 2 aromatic heterocycles. The van der Waals surface area contributed by atoms with Gasteiger partial charge >= 0.3 is 0 Å². The molecule has 3 aromatic rings. The summed E-state index contributed by atoms with van der Waals surface area (Å²) in [6, 6.07) is 9.69. The van der Waals surface area contributed by atoms with Crippen LogP contribution in [0.1, 0.15) is 46.9 Å². The highest BCUT2D eigenvalue weighted by atomic mass is 32.1. The van der Waals surface area contributed by atoms with E-state index in [0.29, 0.717) is 23.9 Å². The van der Waals surface area contributed by atoms with Crippen LogP contribution in [0.15, 0.2) is 35.7 Å². The molecule has 4 rings (SSSR count). The van der Waals surface area contributed by atoms with E-state index >= 15 is 0 Å². The molecule has 1 N–H and O–H groups in total. The van der Waals surface area contributed by atoms with Gasteiger partial charge in [-0.25, -0.2) is 4.98 Å². The maximum atomic E-state index is 13.1. The molecule has 1 saturated heterocycles. The molecule has 26 heavy (non-hydrogen) atoms. The van der Waals surface area contributed by atoms with E-state index in [1.54, 1.807) is 11.3 Å². The molecule has 1 atom stereocenters. The number of thiazole rings is 1. The van der Waals surface area contributed by atoms with Crippen LogP contribution in [0.25, 0.3) is 11.3 Å². The van der Waals surface area contributed by atoms with Crippen molar-refractivity contribution in [2.45, 2.75) is 32.1 Å². The van der Waals surface area contributed by atoms with Gasteiger partial charge in [-0.15, -0.1) is 11.3 Å². The zero-order chi connectivity index (χ0) is 17.9. The van der Waals surface area contributed by atoms with E-state index in [2.05, 4.69) is 27.7 Å². The molecule has 7 heteroatoms. The quantitative estimate of drug-likeness (QED) is 0.766. The molecule has 0 bridgehead atoms. The average molecular weight is 367 g/mol. The Balaban J connectivity index is 1.54. The van der Waals surface area contributed by atoms with Crippen LogP contribution in [-0.4, -0.2) is 44.3 Å². The maximum Gasteiger partial charge on any atom is 0.276 e. The first-order valence-corrected chi connectivity index (χ1v) is 9.84. The Bertz CT molecular complexity index is 888. The smallest absolute Gasteiger partial charge is 0.276 e. The van der Waals surface area contributed by atoms with Crippen molar-refractivity contribution < 1.29 is 4.79 Å². The van der Waals surface area contributed by atoms with Crippen molar-refractivity contribution in [3.8, 4) is 11.3 Å². The number of hydrogen-bond acceptors (Lipinski definition) is 5. The minimum atomic E-state index is -0.0606. The minimum Gasteiger partial charge on any atom is -0.336 e. The second-order valence-corrected chi connectivity index (χ2v) is 7.40. The maximum absolute atomic E-state index is 13.1. The number of aryl methyl sites for hydroxylation is 1. The van der Waals surface area contributed by atoms with E-state index in [9.17, 15) is 4.79 Å². The van der Waals surface area contributed by atoms with Crippen molar-refractivity contribution in [3.63, 3.8) is 0 Å². The number of H-pyrrole nitrogens is 1. The van der Waals surface area contributed by atoms with Crippen LogP contribution in [0.2, 0.25) is 0 Å². The summed E-state index contributed by atoms with van der Waals surface area (Å²) in [6.45, 7) is 3.56. The third-order valence-electron chi connectivity index (χ3n) is 4.79. The topological polar surface area (TPSA) is 74.8 Å². The molecule has 1 unspecified atom stereocenters. The van der Waals surface area contributed by atoms with Crippen LogP contribution in [0, 0.1) is 0 Å². The number of benzene rings is 1. The molecule has 0 aliphatic carbocycles. The van der Waals surface area contributed by atoms with Crippen LogP contribution in [0.3, 0.4) is 0 Å². The zero-order valence-electron chi connectivity index (χ0n) is 14.7. The van der Waals surface area contributed by atoms with Gasteiger partial charge in [0.15, 0.2) is 5.69 Å². The molecule has 1 amide bonds. The molecule has 3 heterocycles. The van der Waals surface area contributed by atoms with Crippen molar-refractivity contribution in [2.24, 2.45) is 0 Å². The lowest BCUT2D eigenvalue weighted by atomic mass is 9.98. The summed E-state index contributed by atoms with van der Waals surface area (Å²) in [6.07, 6.45) is 3.01. The Morgan fingerprint density at radius 3 is 2.92 bits per heavy atom. The Hall–Kier alpha value is -2.54. The van der Waals surface area contributed by atoms with Crippen LogP contribution in [0.5, 0.6) is 0 Å². The molecule has 0 spiro atoms. The van der Waals surface area contributed by atoms with Gasteiger partial charge in [0, 0.05) is 30.0 Å². The number of hydrogen-bond donors (Lipinski definition) is 1. The van der Waals surface area contributed by atoms with Crippen molar-refractivity contribution in [3.05, 3.63) is 52.1 Å². The second-order valence-electron chi connectivity index (χ2n) is 6.51. The first kappa shape index (κ1) is 16.9. The normalized spacial score (nSPS) is 17.4. The lowest BCUT2D eigenvalue weighted by Crippen LogP contribution is -2.39. The van der Waals surface area contributed by atoms with E-state index in [-0.39, 0.29) is 5.91 Å². The lowest BCUT2D eigenvalue weighted by molar-refractivity contribution is 0.0702. The largest absolute Gasteiger partial charge is 0.336 e. The summed E-state index contributed by atoms with van der Waals surface area (Å²) in [5.41, 5.74) is 3.03. The Morgan fingerprint density at radius 1 is 1.31 bits per heavy atom. The van der Waals surface area contributed by atoms with E-state index < -0.39 is 0 Å². The SMILES string of the molecule is CCc1csc(C2CCCN(C(=O)c3n[nH]nc3-c3ccccc3)C2)n1. The number of piperidine rings is 1. The van der Waals surface area contributed by atoms with Gasteiger partial charge in [-0.05, 0) is 19.3 Å². The van der Waals surface area contributed by atoms with Crippen LogP contribution >= 0.6 is 11.3 Å². The monoisotopic (exact) mass is 367 g/mol. The number of nitrogens with zero attached hydrogens (tertiary/aromatic N) is 4. The summed E-state index contributed by atoms with van der Waals surface area (Å²) < 4.78 is 0. The van der Waals surface area contributed by atoms with Gasteiger partial charge in [-0.1, -0.05) is 37.3 Å². The fraction of sp³-hybridized carbons (Fsp3) is 0.368. The first-order valence-electron chi connectivity index (χ1n) is 8.96. The van der Waals surface area contributed by atoms with Crippen LogP contribution < -0.4 is 0 Å². The predicted molar refractivity (Wildman–Crippen MR) is 101 cm³/mol. The third-order valence-corrected chi connectivity index (χ3v) is 5.84. The summed E-state index contributed by atoms with van der Waals surface area (Å²) in [7, 11) is 0. The summed E-state index contributed by atoms with van der Waals surface area (Å²) in [4.78, 5) is 19.7. The van der Waals surface area contributed by atoms with E-state index in [1.165, 1.54) is 0 Å².